The number of carbonyl (C=O) groups excluding carboxylic acids is 2. The number of carbonyl (C=O) groups is 3. The van der Waals surface area contributed by atoms with Gasteiger partial charge in [-0.2, -0.15) is 0 Å². The zero-order valence-electron chi connectivity index (χ0n) is 10.0. The van der Waals surface area contributed by atoms with Crippen molar-refractivity contribution in [2.45, 2.75) is 25.8 Å². The van der Waals surface area contributed by atoms with Crippen molar-refractivity contribution in [1.29, 1.82) is 0 Å². The summed E-state index contributed by atoms with van der Waals surface area (Å²) in [4.78, 5) is 34.5. The van der Waals surface area contributed by atoms with Gasteiger partial charge in [0.05, 0.1) is 19.6 Å². The zero-order valence-corrected chi connectivity index (χ0v) is 10.0. The van der Waals surface area contributed by atoms with E-state index in [0.29, 0.717) is 13.0 Å². The fraction of sp³-hybridized carbons (Fsp3) is 0.700. The van der Waals surface area contributed by atoms with E-state index in [9.17, 15) is 14.4 Å². The molecule has 1 unspecified atom stereocenters. The number of carboxylic acids is 1. The van der Waals surface area contributed by atoms with Crippen molar-refractivity contribution in [2.24, 2.45) is 5.73 Å². The van der Waals surface area contributed by atoms with Crippen molar-refractivity contribution in [2.75, 3.05) is 20.2 Å². The van der Waals surface area contributed by atoms with Gasteiger partial charge in [0, 0.05) is 6.54 Å². The minimum Gasteiger partial charge on any atom is -0.481 e. The fourth-order valence-corrected chi connectivity index (χ4v) is 1.27. The van der Waals surface area contributed by atoms with Gasteiger partial charge in [0.2, 0.25) is 5.91 Å². The Labute approximate surface area is 99.5 Å². The van der Waals surface area contributed by atoms with Gasteiger partial charge in [-0.25, -0.2) is 0 Å². The Balaban J connectivity index is 4.52. The number of nitrogens with two attached hydrogens (primary N) is 1. The highest BCUT2D eigenvalue weighted by molar-refractivity contribution is 5.88. The smallest absolute Gasteiger partial charge is 0.325 e. The van der Waals surface area contributed by atoms with E-state index in [0.717, 1.165) is 0 Å². The summed E-state index contributed by atoms with van der Waals surface area (Å²) in [5, 5.41) is 8.53. The molecule has 0 rings (SSSR count). The molecule has 0 aliphatic heterocycles. The van der Waals surface area contributed by atoms with Crippen LogP contribution in [-0.4, -0.2) is 54.1 Å². The van der Waals surface area contributed by atoms with Gasteiger partial charge in [-0.3, -0.25) is 14.4 Å². The summed E-state index contributed by atoms with van der Waals surface area (Å²) in [6.45, 7) is 1.96. The number of nitrogens with zero attached hydrogens (tertiary/aromatic N) is 1. The summed E-state index contributed by atoms with van der Waals surface area (Å²) >= 11 is 0. The molecule has 0 saturated heterocycles. The maximum Gasteiger partial charge on any atom is 0.325 e. The first-order valence-electron chi connectivity index (χ1n) is 5.25. The summed E-state index contributed by atoms with van der Waals surface area (Å²) in [7, 11) is 1.22. The lowest BCUT2D eigenvalue weighted by Crippen LogP contribution is -2.47. The number of rotatable bonds is 7. The maximum absolute atomic E-state index is 11.7. The van der Waals surface area contributed by atoms with Gasteiger partial charge >= 0.3 is 11.9 Å². The SMILES string of the molecule is CCCN(CC(=O)OC)C(=O)C(N)CC(=O)O. The number of methoxy groups -OCH3 is 1. The number of ether oxygens (including phenoxy) is 1. The largest absolute Gasteiger partial charge is 0.481 e. The molecule has 0 fully saturated rings. The Morgan fingerprint density at radius 3 is 2.41 bits per heavy atom. The van der Waals surface area contributed by atoms with Crippen molar-refractivity contribution in [3.8, 4) is 0 Å². The number of esters is 1. The van der Waals surface area contributed by atoms with Crippen LogP contribution in [0.25, 0.3) is 0 Å². The van der Waals surface area contributed by atoms with Crippen LogP contribution < -0.4 is 5.73 Å². The summed E-state index contributed by atoms with van der Waals surface area (Å²) in [6, 6.07) is -1.14. The van der Waals surface area contributed by atoms with Gasteiger partial charge in [-0.15, -0.1) is 0 Å². The van der Waals surface area contributed by atoms with Crippen LogP contribution in [0.3, 0.4) is 0 Å². The van der Waals surface area contributed by atoms with Crippen LogP contribution in [0.4, 0.5) is 0 Å². The van der Waals surface area contributed by atoms with Gasteiger partial charge < -0.3 is 20.5 Å². The third-order valence-corrected chi connectivity index (χ3v) is 2.06. The third-order valence-electron chi connectivity index (χ3n) is 2.06. The van der Waals surface area contributed by atoms with Gasteiger partial charge in [-0.05, 0) is 6.42 Å². The van der Waals surface area contributed by atoms with Crippen molar-refractivity contribution in [3.05, 3.63) is 0 Å². The first-order chi connectivity index (χ1) is 7.92. The van der Waals surface area contributed by atoms with Gasteiger partial charge in [0.1, 0.15) is 6.54 Å². The predicted molar refractivity (Wildman–Crippen MR) is 59.1 cm³/mol. The standard InChI is InChI=1S/C10H18N2O5/c1-3-4-12(6-9(15)17-2)10(16)7(11)5-8(13)14/h7H,3-6,11H2,1-2H3,(H,13,14). The average Bonchev–Trinajstić information content (AvgIpc) is 2.26. The molecule has 3 N–H and O–H groups in total. The minimum atomic E-state index is -1.15. The molecule has 98 valence electrons. The lowest BCUT2D eigenvalue weighted by Gasteiger charge is -2.23. The molecule has 0 aromatic heterocycles. The maximum atomic E-state index is 11.7. The van der Waals surface area contributed by atoms with E-state index in [1.165, 1.54) is 12.0 Å². The first-order valence-corrected chi connectivity index (χ1v) is 5.25. The predicted octanol–water partition coefficient (Wildman–Crippen LogP) is -0.800. The second-order valence-corrected chi connectivity index (χ2v) is 3.54. The lowest BCUT2D eigenvalue weighted by molar-refractivity contribution is -0.148. The lowest BCUT2D eigenvalue weighted by atomic mass is 10.2. The van der Waals surface area contributed by atoms with Crippen LogP contribution in [0.5, 0.6) is 0 Å². The fourth-order valence-electron chi connectivity index (χ4n) is 1.27. The highest BCUT2D eigenvalue weighted by Crippen LogP contribution is 2.00. The molecule has 17 heavy (non-hydrogen) atoms. The van der Waals surface area contributed by atoms with Gasteiger partial charge in [0.15, 0.2) is 0 Å². The van der Waals surface area contributed by atoms with Crippen LogP contribution in [0.2, 0.25) is 0 Å². The number of amides is 1. The summed E-state index contributed by atoms with van der Waals surface area (Å²) in [6.07, 6.45) is 0.183. The van der Waals surface area contributed by atoms with Gasteiger partial charge in [-0.1, -0.05) is 6.92 Å². The topological polar surface area (TPSA) is 110 Å². The van der Waals surface area contributed by atoms with Crippen LogP contribution in [0, 0.1) is 0 Å². The number of aliphatic carboxylic acids is 1. The number of hydrogen-bond donors (Lipinski definition) is 2. The molecule has 0 saturated carbocycles. The molecule has 7 heteroatoms. The molecule has 0 aliphatic carbocycles. The van der Waals surface area contributed by atoms with Crippen molar-refractivity contribution in [1.82, 2.24) is 4.90 Å². The van der Waals surface area contributed by atoms with Crippen LogP contribution in [0.15, 0.2) is 0 Å². The minimum absolute atomic E-state index is 0.212. The molecule has 0 aliphatic rings. The molecular weight excluding hydrogens is 228 g/mol. The molecule has 1 atom stereocenters. The Morgan fingerprint density at radius 1 is 1.41 bits per heavy atom. The Morgan fingerprint density at radius 2 is 2.00 bits per heavy atom. The molecule has 1 amide bonds. The van der Waals surface area contributed by atoms with E-state index in [1.54, 1.807) is 0 Å². The monoisotopic (exact) mass is 246 g/mol. The van der Waals surface area contributed by atoms with Crippen LogP contribution >= 0.6 is 0 Å². The van der Waals surface area contributed by atoms with E-state index in [2.05, 4.69) is 4.74 Å². The Bertz CT molecular complexity index is 292. The summed E-state index contributed by atoms with van der Waals surface area (Å²) in [5.41, 5.74) is 5.44. The van der Waals surface area contributed by atoms with E-state index >= 15 is 0 Å². The quantitative estimate of drug-likeness (QED) is 0.569. The average molecular weight is 246 g/mol. The molecule has 0 aromatic rings. The zero-order chi connectivity index (χ0) is 13.4. The molecule has 0 bridgehead atoms. The van der Waals surface area contributed by atoms with Gasteiger partial charge in [0.25, 0.3) is 0 Å². The normalized spacial score (nSPS) is 11.7. The van der Waals surface area contributed by atoms with Crippen LogP contribution in [0.1, 0.15) is 19.8 Å². The molecule has 0 aromatic carbocycles. The Kier molecular flexibility index (Phi) is 6.88. The van der Waals surface area contributed by atoms with Crippen molar-refractivity contribution in [3.63, 3.8) is 0 Å². The summed E-state index contributed by atoms with van der Waals surface area (Å²) < 4.78 is 4.45. The number of carboxylic acid groups (broad SMARTS) is 1. The molecule has 0 heterocycles. The first kappa shape index (κ1) is 15.4. The van der Waals surface area contributed by atoms with E-state index < -0.39 is 30.3 Å². The number of hydrogen-bond acceptors (Lipinski definition) is 5. The second-order valence-electron chi connectivity index (χ2n) is 3.54. The third kappa shape index (κ3) is 5.86. The van der Waals surface area contributed by atoms with Crippen LogP contribution in [-0.2, 0) is 19.1 Å². The van der Waals surface area contributed by atoms with Crippen molar-refractivity contribution >= 4 is 17.8 Å². The molecular formula is C10H18N2O5. The van der Waals surface area contributed by atoms with E-state index in [1.807, 2.05) is 6.92 Å². The highest BCUT2D eigenvalue weighted by Gasteiger charge is 2.24. The molecule has 0 radical (unpaired) electrons. The molecule has 0 spiro atoms. The molecule has 7 nitrogen and oxygen atoms in total. The summed E-state index contributed by atoms with van der Waals surface area (Å²) in [5.74, 6) is -2.27. The van der Waals surface area contributed by atoms with E-state index in [-0.39, 0.29) is 6.54 Å². The second kappa shape index (κ2) is 7.61. The Hall–Kier alpha value is -1.63. The van der Waals surface area contributed by atoms with E-state index in [4.69, 9.17) is 10.8 Å². The highest BCUT2D eigenvalue weighted by atomic mass is 16.5. The van der Waals surface area contributed by atoms with Crippen molar-refractivity contribution < 1.29 is 24.2 Å².